The number of nitrogens with zero attached hydrogens (tertiary/aromatic N) is 2. The molecule has 0 radical (unpaired) electrons. The van der Waals surface area contributed by atoms with Crippen LogP contribution < -0.4 is 0 Å². The molecule has 1 saturated carbocycles. The molecule has 8 heteroatoms. The number of nitro benzene ring substituents is 1. The highest BCUT2D eigenvalue weighted by molar-refractivity contribution is 7.89. The van der Waals surface area contributed by atoms with E-state index in [9.17, 15) is 22.9 Å². The van der Waals surface area contributed by atoms with E-state index < -0.39 is 26.5 Å². The number of hydrogen-bond donors (Lipinski definition) is 0. The van der Waals surface area contributed by atoms with Crippen molar-refractivity contribution in [1.29, 1.82) is 0 Å². The van der Waals surface area contributed by atoms with Crippen molar-refractivity contribution in [2.45, 2.75) is 30.2 Å². The summed E-state index contributed by atoms with van der Waals surface area (Å²) in [5, 5.41) is 10.5. The number of rotatable bonds is 4. The lowest BCUT2D eigenvalue weighted by atomic mass is 9.94. The van der Waals surface area contributed by atoms with Gasteiger partial charge in [-0.1, -0.05) is 6.42 Å². The highest BCUT2D eigenvalue weighted by Crippen LogP contribution is 2.29. The topological polar surface area (TPSA) is 80.5 Å². The SMILES string of the molecule is CN(C1CCC1)S(=O)(=O)c1ccc([N+](=O)[O-])c(F)c1. The second-order valence-corrected chi connectivity index (χ2v) is 6.47. The van der Waals surface area contributed by atoms with Crippen LogP contribution in [0.25, 0.3) is 0 Å². The third-order valence-electron chi connectivity index (χ3n) is 3.38. The third kappa shape index (κ3) is 2.45. The van der Waals surface area contributed by atoms with E-state index in [0.717, 1.165) is 31.4 Å². The van der Waals surface area contributed by atoms with E-state index in [2.05, 4.69) is 0 Å². The summed E-state index contributed by atoms with van der Waals surface area (Å²) >= 11 is 0. The lowest BCUT2D eigenvalue weighted by Gasteiger charge is -2.33. The molecule has 0 aliphatic heterocycles. The molecule has 2 rings (SSSR count). The summed E-state index contributed by atoms with van der Waals surface area (Å²) in [6.07, 6.45) is 2.54. The lowest BCUT2D eigenvalue weighted by molar-refractivity contribution is -0.387. The molecule has 0 unspecified atom stereocenters. The van der Waals surface area contributed by atoms with Gasteiger partial charge in [0, 0.05) is 25.2 Å². The van der Waals surface area contributed by atoms with Gasteiger partial charge >= 0.3 is 5.69 Å². The molecule has 1 aliphatic rings. The average Bonchev–Trinajstić information content (AvgIpc) is 2.25. The Morgan fingerprint density at radius 1 is 1.42 bits per heavy atom. The van der Waals surface area contributed by atoms with Gasteiger partial charge in [0.25, 0.3) is 0 Å². The van der Waals surface area contributed by atoms with Crippen molar-refractivity contribution < 1.29 is 17.7 Å². The molecule has 1 aliphatic carbocycles. The molecule has 0 heterocycles. The fourth-order valence-electron chi connectivity index (χ4n) is 1.91. The maximum atomic E-state index is 13.5. The number of hydrogen-bond acceptors (Lipinski definition) is 4. The highest BCUT2D eigenvalue weighted by Gasteiger charge is 2.32. The van der Waals surface area contributed by atoms with Crippen molar-refractivity contribution in [3.05, 3.63) is 34.1 Å². The standard InChI is InChI=1S/C11H13FN2O4S/c1-13(8-3-2-4-8)19(17,18)9-5-6-11(14(15)16)10(12)7-9/h5-8H,2-4H2,1H3. The molecule has 19 heavy (non-hydrogen) atoms. The van der Waals surface area contributed by atoms with Crippen molar-refractivity contribution in [3.8, 4) is 0 Å². The first-order chi connectivity index (χ1) is 8.84. The Morgan fingerprint density at radius 2 is 2.05 bits per heavy atom. The molecule has 1 aromatic rings. The molecule has 0 amide bonds. The van der Waals surface area contributed by atoms with Gasteiger partial charge in [-0.05, 0) is 18.9 Å². The number of nitro groups is 1. The predicted octanol–water partition coefficient (Wildman–Crippen LogP) is 1.91. The van der Waals surface area contributed by atoms with Crippen LogP contribution in [-0.2, 0) is 10.0 Å². The van der Waals surface area contributed by atoms with E-state index in [-0.39, 0.29) is 10.9 Å². The zero-order valence-electron chi connectivity index (χ0n) is 10.2. The summed E-state index contributed by atoms with van der Waals surface area (Å²) in [5.41, 5.74) is -0.731. The Balaban J connectivity index is 2.35. The predicted molar refractivity (Wildman–Crippen MR) is 65.6 cm³/mol. The molecule has 1 aromatic carbocycles. The Kier molecular flexibility index (Phi) is 3.55. The Bertz CT molecular complexity index is 613. The first kappa shape index (κ1) is 13.9. The molecule has 0 aromatic heterocycles. The molecular weight excluding hydrogens is 275 g/mol. The molecule has 0 N–H and O–H groups in total. The van der Waals surface area contributed by atoms with Crippen molar-refractivity contribution in [2.75, 3.05) is 7.05 Å². The molecular formula is C11H13FN2O4S. The zero-order chi connectivity index (χ0) is 14.2. The normalized spacial score (nSPS) is 16.4. The summed E-state index contributed by atoms with van der Waals surface area (Å²) in [7, 11) is -2.35. The number of sulfonamides is 1. The molecule has 6 nitrogen and oxygen atoms in total. The third-order valence-corrected chi connectivity index (χ3v) is 5.29. The quantitative estimate of drug-likeness (QED) is 0.626. The van der Waals surface area contributed by atoms with Crippen molar-refractivity contribution in [1.82, 2.24) is 4.31 Å². The van der Waals surface area contributed by atoms with E-state index in [0.29, 0.717) is 6.07 Å². The molecule has 1 fully saturated rings. The summed E-state index contributed by atoms with van der Waals surface area (Å²) in [6.45, 7) is 0. The lowest BCUT2D eigenvalue weighted by Crippen LogP contribution is -2.41. The van der Waals surface area contributed by atoms with E-state index >= 15 is 0 Å². The largest absolute Gasteiger partial charge is 0.304 e. The first-order valence-corrected chi connectivity index (χ1v) is 7.20. The van der Waals surface area contributed by atoms with Gasteiger partial charge in [-0.2, -0.15) is 8.70 Å². The van der Waals surface area contributed by atoms with Gasteiger partial charge in [0.15, 0.2) is 0 Å². The maximum absolute atomic E-state index is 13.5. The van der Waals surface area contributed by atoms with E-state index in [1.165, 1.54) is 11.4 Å². The highest BCUT2D eigenvalue weighted by atomic mass is 32.2. The van der Waals surface area contributed by atoms with Crippen LogP contribution in [0, 0.1) is 15.9 Å². The minimum absolute atomic E-state index is 0.0664. The summed E-state index contributed by atoms with van der Waals surface area (Å²) in [5.74, 6) is -1.15. The second kappa shape index (κ2) is 4.86. The summed E-state index contributed by atoms with van der Waals surface area (Å²) < 4.78 is 39.1. The summed E-state index contributed by atoms with van der Waals surface area (Å²) in [6, 6.07) is 2.56. The van der Waals surface area contributed by atoms with Crippen LogP contribution in [0.15, 0.2) is 23.1 Å². The molecule has 0 bridgehead atoms. The molecule has 0 atom stereocenters. The van der Waals surface area contributed by atoms with Crippen molar-refractivity contribution in [3.63, 3.8) is 0 Å². The van der Waals surface area contributed by atoms with E-state index in [1.54, 1.807) is 0 Å². The van der Waals surface area contributed by atoms with Crippen LogP contribution in [0.2, 0.25) is 0 Å². The Labute approximate surface area is 110 Å². The fraction of sp³-hybridized carbons (Fsp3) is 0.455. The minimum atomic E-state index is -3.79. The van der Waals surface area contributed by atoms with Crippen LogP contribution in [0.5, 0.6) is 0 Å². The van der Waals surface area contributed by atoms with E-state index in [1.807, 2.05) is 0 Å². The number of benzene rings is 1. The van der Waals surface area contributed by atoms with Gasteiger partial charge in [0.2, 0.25) is 15.8 Å². The Morgan fingerprint density at radius 3 is 2.47 bits per heavy atom. The zero-order valence-corrected chi connectivity index (χ0v) is 11.1. The van der Waals surface area contributed by atoms with Gasteiger partial charge in [0.05, 0.1) is 9.82 Å². The van der Waals surface area contributed by atoms with Crippen LogP contribution >= 0.6 is 0 Å². The molecule has 0 spiro atoms. The van der Waals surface area contributed by atoms with Crippen LogP contribution in [0.3, 0.4) is 0 Å². The maximum Gasteiger partial charge on any atom is 0.304 e. The van der Waals surface area contributed by atoms with Gasteiger partial charge in [-0.25, -0.2) is 8.42 Å². The number of halogens is 1. The molecule has 104 valence electrons. The van der Waals surface area contributed by atoms with Gasteiger partial charge in [-0.3, -0.25) is 10.1 Å². The summed E-state index contributed by atoms with van der Waals surface area (Å²) in [4.78, 5) is 9.34. The van der Waals surface area contributed by atoms with Crippen molar-refractivity contribution >= 4 is 15.7 Å². The van der Waals surface area contributed by atoms with Crippen molar-refractivity contribution in [2.24, 2.45) is 0 Å². The first-order valence-electron chi connectivity index (χ1n) is 5.76. The monoisotopic (exact) mass is 288 g/mol. The second-order valence-electron chi connectivity index (χ2n) is 4.48. The van der Waals surface area contributed by atoms with Gasteiger partial charge < -0.3 is 0 Å². The van der Waals surface area contributed by atoms with E-state index in [4.69, 9.17) is 0 Å². The Hall–Kier alpha value is -1.54. The van der Waals surface area contributed by atoms with Crippen LogP contribution in [-0.4, -0.2) is 30.7 Å². The minimum Gasteiger partial charge on any atom is -0.258 e. The van der Waals surface area contributed by atoms with Crippen LogP contribution in [0.4, 0.5) is 10.1 Å². The van der Waals surface area contributed by atoms with Gasteiger partial charge in [-0.15, -0.1) is 0 Å². The van der Waals surface area contributed by atoms with Gasteiger partial charge in [0.1, 0.15) is 0 Å². The average molecular weight is 288 g/mol. The smallest absolute Gasteiger partial charge is 0.258 e. The van der Waals surface area contributed by atoms with Crippen LogP contribution in [0.1, 0.15) is 19.3 Å². The fourth-order valence-corrected chi connectivity index (χ4v) is 3.34. The molecule has 0 saturated heterocycles.